The predicted octanol–water partition coefficient (Wildman–Crippen LogP) is -2.09. The zero-order chi connectivity index (χ0) is 27.8. The Morgan fingerprint density at radius 2 is 1.84 bits per heavy atom. The van der Waals surface area contributed by atoms with E-state index in [4.69, 9.17) is 16.0 Å². The van der Waals surface area contributed by atoms with E-state index >= 15 is 0 Å². The molecular weight excluding hydrogens is 560 g/mol. The molecule has 4 heterocycles. The maximum Gasteiger partial charge on any atom is 0.481 e. The van der Waals surface area contributed by atoms with Gasteiger partial charge in [-0.3, -0.25) is 13.6 Å². The zero-order valence-electron chi connectivity index (χ0n) is 19.0. The fourth-order valence-corrected chi connectivity index (χ4v) is 5.90. The monoisotopic (exact) mass is 583 g/mol. The number of phosphoric acid groups is 2. The van der Waals surface area contributed by atoms with Gasteiger partial charge in [-0.2, -0.15) is 4.31 Å². The molecule has 23 heteroatoms. The van der Waals surface area contributed by atoms with Crippen LogP contribution in [0.1, 0.15) is 6.23 Å². The molecule has 0 bridgehead atoms. The van der Waals surface area contributed by atoms with E-state index in [0.717, 1.165) is 10.9 Å². The molecule has 0 aromatic carbocycles. The van der Waals surface area contributed by atoms with Crippen LogP contribution in [-0.2, 0) is 27.2 Å². The van der Waals surface area contributed by atoms with Crippen LogP contribution in [0.5, 0.6) is 0 Å². The summed E-state index contributed by atoms with van der Waals surface area (Å²) >= 11 is 0. The Balaban J connectivity index is 1.42. The average molecular weight is 583 g/mol. The molecule has 9 atom stereocenters. The van der Waals surface area contributed by atoms with Gasteiger partial charge in [0.1, 0.15) is 24.6 Å². The molecule has 0 aliphatic carbocycles. The number of hydrogen-bond donors (Lipinski definition) is 8. The number of aliphatic hydroxyl groups is 4. The highest BCUT2D eigenvalue weighted by Gasteiger charge is 2.47. The first-order valence-electron chi connectivity index (χ1n) is 10.6. The van der Waals surface area contributed by atoms with Gasteiger partial charge >= 0.3 is 15.6 Å². The van der Waals surface area contributed by atoms with Crippen LogP contribution in [0, 0.1) is 0 Å². The second kappa shape index (κ2) is 11.0. The fourth-order valence-electron chi connectivity index (χ4n) is 3.80. The Morgan fingerprint density at radius 1 is 1.16 bits per heavy atom. The van der Waals surface area contributed by atoms with E-state index in [9.17, 15) is 39.3 Å². The second-order valence-corrected chi connectivity index (χ2v) is 11.2. The van der Waals surface area contributed by atoms with Gasteiger partial charge in [-0.15, -0.1) is 0 Å². The van der Waals surface area contributed by atoms with Gasteiger partial charge in [0.25, 0.3) is 0 Å². The maximum absolute atomic E-state index is 12.2. The lowest BCUT2D eigenvalue weighted by atomic mass is 10.1. The Morgan fingerprint density at radius 3 is 2.47 bits per heavy atom. The van der Waals surface area contributed by atoms with Gasteiger partial charge in [-0.05, 0) is 10.6 Å². The largest absolute Gasteiger partial charge is 0.481 e. The van der Waals surface area contributed by atoms with Crippen molar-refractivity contribution in [3.63, 3.8) is 0 Å². The third kappa shape index (κ3) is 5.96. The van der Waals surface area contributed by atoms with Gasteiger partial charge in [-0.25, -0.2) is 24.1 Å². The molecule has 3 unspecified atom stereocenters. The van der Waals surface area contributed by atoms with Crippen LogP contribution >= 0.6 is 15.6 Å². The molecule has 2 fully saturated rings. The van der Waals surface area contributed by atoms with Crippen molar-refractivity contribution in [3.05, 3.63) is 16.8 Å². The number of anilines is 1. The number of fused-ring (bicyclic) bond motifs is 1. The molecule has 2 saturated heterocycles. The lowest BCUT2D eigenvalue weighted by molar-refractivity contribution is -0.0496. The summed E-state index contributed by atoms with van der Waals surface area (Å²) < 4.78 is 44.3. The Kier molecular flexibility index (Phi) is 8.34. The topological polar surface area (TPSA) is 323 Å². The third-order valence-electron chi connectivity index (χ3n) is 5.63. The maximum atomic E-state index is 12.2. The van der Waals surface area contributed by atoms with Gasteiger partial charge in [0.15, 0.2) is 23.2 Å². The van der Waals surface area contributed by atoms with E-state index in [1.165, 1.54) is 0 Å². The Hall–Kier alpha value is -2.32. The average Bonchev–Trinajstić information content (AvgIpc) is 3.46. The molecule has 2 aliphatic rings. The molecule has 0 amide bonds. The quantitative estimate of drug-likeness (QED) is 0.0643. The van der Waals surface area contributed by atoms with Crippen LogP contribution in [-0.4, -0.2) is 106 Å². The van der Waals surface area contributed by atoms with Crippen LogP contribution in [0.25, 0.3) is 21.6 Å². The number of aliphatic hydroxyl groups excluding tert-OH is 4. The predicted molar refractivity (Wildman–Crippen MR) is 121 cm³/mol. The van der Waals surface area contributed by atoms with Gasteiger partial charge < -0.3 is 46.0 Å². The first-order chi connectivity index (χ1) is 17.8. The number of nitrogens with one attached hydrogen (secondary N) is 1. The lowest BCUT2D eigenvalue weighted by Gasteiger charge is -2.21. The van der Waals surface area contributed by atoms with Gasteiger partial charge in [0.05, 0.1) is 31.5 Å². The highest BCUT2D eigenvalue weighted by atomic mass is 31.3. The van der Waals surface area contributed by atoms with Crippen LogP contribution in [0.2, 0.25) is 0 Å². The number of β-amino-alcohol motifs (C(OH)–C–C–N with tert-alkyl or cyclic N) is 1. The molecule has 9 N–H and O–H groups in total. The molecule has 21 nitrogen and oxygen atoms in total. The molecular formula is C15H23N9O12P2. The number of nitrogens with zero attached hydrogens (tertiary/aromatic N) is 7. The Labute approximate surface area is 211 Å². The normalized spacial score (nSPS) is 32.6. The van der Waals surface area contributed by atoms with Crippen LogP contribution in [0.3, 0.4) is 0 Å². The van der Waals surface area contributed by atoms with Gasteiger partial charge in [0, 0.05) is 11.5 Å². The van der Waals surface area contributed by atoms with Crippen molar-refractivity contribution in [2.75, 3.05) is 25.5 Å². The van der Waals surface area contributed by atoms with Crippen LogP contribution in [0.4, 0.5) is 11.8 Å². The lowest BCUT2D eigenvalue weighted by Crippen LogP contribution is -2.36. The Bertz CT molecular complexity index is 1320. The van der Waals surface area contributed by atoms with Crippen LogP contribution < -0.4 is 11.1 Å². The van der Waals surface area contributed by atoms with E-state index in [-0.39, 0.29) is 29.5 Å². The minimum Gasteiger partial charge on any atom is -0.389 e. The number of hydrogen-bond acceptors (Lipinski definition) is 16. The number of nitrogen functional groups attached to an aromatic ring is 1. The number of phosphoric ester groups is 2. The molecule has 0 spiro atoms. The van der Waals surface area contributed by atoms with E-state index in [1.54, 1.807) is 0 Å². The van der Waals surface area contributed by atoms with E-state index in [0.29, 0.717) is 0 Å². The summed E-state index contributed by atoms with van der Waals surface area (Å²) in [4.78, 5) is 34.0. The number of nitrogens with two attached hydrogens (primary N) is 1. The van der Waals surface area contributed by atoms with Crippen molar-refractivity contribution in [2.45, 2.75) is 42.8 Å². The third-order valence-corrected chi connectivity index (χ3v) is 8.24. The van der Waals surface area contributed by atoms with Crippen molar-refractivity contribution in [1.82, 2.24) is 24.8 Å². The van der Waals surface area contributed by atoms with E-state index in [1.807, 2.05) is 0 Å². The number of imidazole rings is 1. The van der Waals surface area contributed by atoms with E-state index < -0.39 is 71.6 Å². The summed E-state index contributed by atoms with van der Waals surface area (Å²) in [5.41, 5.74) is 14.6. The summed E-state index contributed by atoms with van der Waals surface area (Å²) in [6, 6.07) is -0.955. The van der Waals surface area contributed by atoms with Crippen molar-refractivity contribution < 1.29 is 57.4 Å². The number of ether oxygens (including phenoxy) is 1. The molecule has 0 radical (unpaired) electrons. The summed E-state index contributed by atoms with van der Waals surface area (Å²) in [6.07, 6.45) is -7.86. The molecule has 2 aliphatic heterocycles. The van der Waals surface area contributed by atoms with Crippen molar-refractivity contribution in [2.24, 2.45) is 5.11 Å². The number of rotatable bonds is 10. The molecule has 4 rings (SSSR count). The van der Waals surface area contributed by atoms with Gasteiger partial charge in [0.2, 0.25) is 5.95 Å². The van der Waals surface area contributed by atoms with Crippen molar-refractivity contribution >= 4 is 38.6 Å². The van der Waals surface area contributed by atoms with Gasteiger partial charge in [-0.1, -0.05) is 0 Å². The van der Waals surface area contributed by atoms with E-state index in [2.05, 4.69) is 43.7 Å². The van der Waals surface area contributed by atoms with Crippen molar-refractivity contribution in [3.8, 4) is 0 Å². The molecule has 2 aromatic heterocycles. The minimum atomic E-state index is -5.31. The highest BCUT2D eigenvalue weighted by molar-refractivity contribution is 7.61. The molecule has 210 valence electrons. The van der Waals surface area contributed by atoms with Crippen LogP contribution in [0.15, 0.2) is 11.4 Å². The minimum absolute atomic E-state index is 0.00155. The smallest absolute Gasteiger partial charge is 0.389 e. The summed E-state index contributed by atoms with van der Waals surface area (Å²) in [7, 11) is -10.5. The zero-order valence-corrected chi connectivity index (χ0v) is 20.8. The number of azide groups is 1. The standard InChI is InChI=1S/C15H23N9O12P2/c16-12-8-13(20-4-19-12)24(15(21-8)22-23-17)14-11(28)10(27)7(35-14)3-34-38(31,32)36-37(29,30)33-2-5-9(26)6(25)1-18-5/h4-7,9-11,14,18,25-28H,1-3H2,(H,29,30)(H,31,32)(H2,16,19,20)/t5-,6+,7?,9-,10+,11+,14+/m0/s1. The first-order valence-corrected chi connectivity index (χ1v) is 13.6. The highest BCUT2D eigenvalue weighted by Crippen LogP contribution is 2.60. The van der Waals surface area contributed by atoms with Crippen molar-refractivity contribution in [1.29, 1.82) is 0 Å². The summed E-state index contributed by atoms with van der Waals surface area (Å²) in [6.45, 7) is -1.60. The molecule has 38 heavy (non-hydrogen) atoms. The molecule has 2 aromatic rings. The fraction of sp³-hybridized carbons (Fsp3) is 0.667. The number of aromatic nitrogens is 4. The summed E-state index contributed by atoms with van der Waals surface area (Å²) in [5.74, 6) is -0.434. The molecule has 0 saturated carbocycles. The first kappa shape index (κ1) is 28.7. The summed E-state index contributed by atoms with van der Waals surface area (Å²) in [5, 5.41) is 46.1. The SMILES string of the molecule is [N-]=[N+]=Nc1nc2c(N)ncnc2n1[C@@H]1OC(COP(=O)(O)OP(=O)(O)OC[C@@H]2NC[C@@H](O)[C@H]2O)[C@@H](O)[C@H]1O. The second-order valence-electron chi connectivity index (χ2n) is 8.13.